The lowest BCUT2D eigenvalue weighted by Gasteiger charge is -2.16. The van der Waals surface area contributed by atoms with Crippen molar-refractivity contribution in [2.45, 2.75) is 26.2 Å². The van der Waals surface area contributed by atoms with Crippen LogP contribution in [0.4, 0.5) is 17.5 Å². The fraction of sp³-hybridized carbons (Fsp3) is 0.250. The fourth-order valence-electron chi connectivity index (χ4n) is 4.97. The van der Waals surface area contributed by atoms with Crippen molar-refractivity contribution in [3.8, 4) is 16.9 Å². The van der Waals surface area contributed by atoms with Gasteiger partial charge in [-0.15, -0.1) is 0 Å². The molecule has 0 aliphatic carbocycles. The molecule has 2 aromatic heterocycles. The van der Waals surface area contributed by atoms with Gasteiger partial charge in [0.25, 0.3) is 0 Å². The molecule has 7 nitrogen and oxygen atoms in total. The Morgan fingerprint density at radius 3 is 2.74 bits per heavy atom. The number of benzene rings is 3. The van der Waals surface area contributed by atoms with Crippen LogP contribution in [0.15, 0.2) is 54.7 Å². The van der Waals surface area contributed by atoms with Crippen molar-refractivity contribution in [1.29, 1.82) is 0 Å². The van der Waals surface area contributed by atoms with E-state index in [0.717, 1.165) is 50.2 Å². The van der Waals surface area contributed by atoms with Gasteiger partial charge in [0.05, 0.1) is 17.6 Å². The van der Waals surface area contributed by atoms with Gasteiger partial charge in [0.1, 0.15) is 5.75 Å². The first-order chi connectivity index (χ1) is 16.8. The summed E-state index contributed by atoms with van der Waals surface area (Å²) in [6, 6.07) is 16.9. The van der Waals surface area contributed by atoms with Crippen molar-refractivity contribution in [2.24, 2.45) is 7.05 Å². The predicted octanol–water partition coefficient (Wildman–Crippen LogP) is 5.95. The molecule has 1 aliphatic rings. The van der Waals surface area contributed by atoms with Crippen LogP contribution in [0, 0.1) is 6.92 Å². The minimum Gasteiger partial charge on any atom is -0.492 e. The number of anilines is 3. The molecule has 176 valence electrons. The number of aromatic nitrogens is 4. The van der Waals surface area contributed by atoms with E-state index in [9.17, 15) is 0 Å². The maximum Gasteiger partial charge on any atom is 0.222 e. The highest BCUT2D eigenvalue weighted by molar-refractivity contribution is 6.03. The molecule has 3 aromatic carbocycles. The molecule has 0 atom stereocenters. The van der Waals surface area contributed by atoms with Crippen LogP contribution in [0.3, 0.4) is 0 Å². The second kappa shape index (κ2) is 7.70. The van der Waals surface area contributed by atoms with Gasteiger partial charge in [0.2, 0.25) is 5.95 Å². The molecule has 1 aliphatic heterocycles. The van der Waals surface area contributed by atoms with E-state index in [1.165, 1.54) is 11.1 Å². The Hall–Kier alpha value is -4.13. The van der Waals surface area contributed by atoms with Gasteiger partial charge in [0, 0.05) is 53.3 Å². The molecule has 3 heterocycles. The summed E-state index contributed by atoms with van der Waals surface area (Å²) in [5.74, 6) is 2.42. The molecule has 0 saturated heterocycles. The van der Waals surface area contributed by atoms with Crippen LogP contribution in [-0.4, -0.2) is 33.4 Å². The summed E-state index contributed by atoms with van der Waals surface area (Å²) in [6.45, 7) is 7.26. The zero-order chi connectivity index (χ0) is 24.3. The lowest BCUT2D eigenvalue weighted by atomic mass is 9.87. The number of fused-ring (bicyclic) bond motifs is 3. The van der Waals surface area contributed by atoms with E-state index in [2.05, 4.69) is 83.8 Å². The van der Waals surface area contributed by atoms with Gasteiger partial charge in [-0.25, -0.2) is 9.97 Å². The molecule has 0 unspecified atom stereocenters. The lowest BCUT2D eigenvalue weighted by molar-refractivity contribution is 0.291. The molecule has 0 fully saturated rings. The fourth-order valence-corrected chi connectivity index (χ4v) is 4.97. The van der Waals surface area contributed by atoms with Crippen molar-refractivity contribution in [3.63, 3.8) is 0 Å². The highest BCUT2D eigenvalue weighted by Crippen LogP contribution is 2.41. The Labute approximate surface area is 204 Å². The van der Waals surface area contributed by atoms with E-state index < -0.39 is 0 Å². The van der Waals surface area contributed by atoms with Crippen molar-refractivity contribution < 1.29 is 4.74 Å². The molecule has 5 aromatic rings. The quantitative estimate of drug-likeness (QED) is 0.342. The molecule has 35 heavy (non-hydrogen) atoms. The third kappa shape index (κ3) is 3.46. The van der Waals surface area contributed by atoms with E-state index in [-0.39, 0.29) is 5.41 Å². The SMILES string of the molecule is CNc1ncc2cc(-c3c(C)ccc4c(Nc5ccc6c(c5)C(C)(C)CO6)nn(C)c34)ccc2n1. The number of hydrogen-bond acceptors (Lipinski definition) is 6. The molecule has 0 spiro atoms. The molecule has 6 rings (SSSR count). The summed E-state index contributed by atoms with van der Waals surface area (Å²) in [7, 11) is 3.82. The monoisotopic (exact) mass is 464 g/mol. The molecule has 0 bridgehead atoms. The largest absolute Gasteiger partial charge is 0.492 e. The first kappa shape index (κ1) is 21.4. The van der Waals surface area contributed by atoms with Gasteiger partial charge in [-0.3, -0.25) is 4.68 Å². The van der Waals surface area contributed by atoms with E-state index in [0.29, 0.717) is 12.6 Å². The van der Waals surface area contributed by atoms with E-state index in [1.54, 1.807) is 0 Å². The molecule has 2 N–H and O–H groups in total. The predicted molar refractivity (Wildman–Crippen MR) is 142 cm³/mol. The average molecular weight is 465 g/mol. The Balaban J connectivity index is 1.45. The minimum atomic E-state index is -0.00274. The number of aryl methyl sites for hydroxylation is 2. The Bertz CT molecular complexity index is 1620. The van der Waals surface area contributed by atoms with Crippen LogP contribution >= 0.6 is 0 Å². The summed E-state index contributed by atoms with van der Waals surface area (Å²) in [5.41, 5.74) is 7.69. The van der Waals surface area contributed by atoms with Gasteiger partial charge in [-0.1, -0.05) is 26.0 Å². The van der Waals surface area contributed by atoms with Crippen LogP contribution < -0.4 is 15.4 Å². The summed E-state index contributed by atoms with van der Waals surface area (Å²) < 4.78 is 7.82. The topological polar surface area (TPSA) is 76.9 Å². The maximum atomic E-state index is 5.85. The van der Waals surface area contributed by atoms with Crippen molar-refractivity contribution in [3.05, 3.63) is 65.9 Å². The number of hydrogen-bond donors (Lipinski definition) is 2. The lowest BCUT2D eigenvalue weighted by Crippen LogP contribution is -2.18. The molecule has 0 radical (unpaired) electrons. The van der Waals surface area contributed by atoms with Crippen molar-refractivity contribution >= 4 is 39.3 Å². The van der Waals surface area contributed by atoms with E-state index in [1.807, 2.05) is 31.0 Å². The second-order valence-corrected chi connectivity index (χ2v) is 9.85. The second-order valence-electron chi connectivity index (χ2n) is 9.85. The summed E-state index contributed by atoms with van der Waals surface area (Å²) in [4.78, 5) is 8.95. The number of nitrogens with zero attached hydrogens (tertiary/aromatic N) is 4. The molecular formula is C28H28N6O. The number of nitrogens with one attached hydrogen (secondary N) is 2. The summed E-state index contributed by atoms with van der Waals surface area (Å²) in [6.07, 6.45) is 1.86. The third-order valence-electron chi connectivity index (χ3n) is 6.87. The van der Waals surface area contributed by atoms with E-state index >= 15 is 0 Å². The van der Waals surface area contributed by atoms with Crippen molar-refractivity contribution in [2.75, 3.05) is 24.3 Å². The summed E-state index contributed by atoms with van der Waals surface area (Å²) in [5, 5.41) is 13.5. The van der Waals surface area contributed by atoms with Gasteiger partial charge in [-0.2, -0.15) is 5.10 Å². The first-order valence-corrected chi connectivity index (χ1v) is 11.8. The van der Waals surface area contributed by atoms with Crippen LogP contribution in [0.25, 0.3) is 32.9 Å². The van der Waals surface area contributed by atoms with Gasteiger partial charge >= 0.3 is 0 Å². The van der Waals surface area contributed by atoms with Crippen LogP contribution in [0.5, 0.6) is 5.75 Å². The van der Waals surface area contributed by atoms with Crippen LogP contribution in [0.1, 0.15) is 25.0 Å². The zero-order valence-electron chi connectivity index (χ0n) is 20.6. The van der Waals surface area contributed by atoms with Crippen LogP contribution in [0.2, 0.25) is 0 Å². The van der Waals surface area contributed by atoms with Gasteiger partial charge in [0.15, 0.2) is 5.82 Å². The standard InChI is InChI=1S/C28H28N6O/c1-16-6-9-20-25(24(16)17-7-10-22-18(12-17)14-30-27(29-4)32-22)34(5)33-26(20)31-19-8-11-23-21(13-19)28(2,3)15-35-23/h6-14H,15H2,1-5H3,(H,31,33)(H,29,30,32). The Kier molecular flexibility index (Phi) is 4.71. The number of ether oxygens (including phenoxy) is 1. The number of rotatable bonds is 4. The minimum absolute atomic E-state index is 0.00274. The Morgan fingerprint density at radius 1 is 1.06 bits per heavy atom. The third-order valence-corrected chi connectivity index (χ3v) is 6.87. The highest BCUT2D eigenvalue weighted by atomic mass is 16.5. The van der Waals surface area contributed by atoms with Crippen molar-refractivity contribution in [1.82, 2.24) is 19.7 Å². The maximum absolute atomic E-state index is 5.85. The molecule has 7 heteroatoms. The average Bonchev–Trinajstić information content (AvgIpc) is 3.33. The van der Waals surface area contributed by atoms with Gasteiger partial charge < -0.3 is 15.4 Å². The van der Waals surface area contributed by atoms with Gasteiger partial charge in [-0.05, 0) is 54.4 Å². The zero-order valence-corrected chi connectivity index (χ0v) is 20.6. The normalized spacial score (nSPS) is 14.2. The molecule has 0 amide bonds. The van der Waals surface area contributed by atoms with E-state index in [4.69, 9.17) is 9.84 Å². The Morgan fingerprint density at radius 2 is 1.91 bits per heavy atom. The molecular weight excluding hydrogens is 436 g/mol. The molecule has 0 saturated carbocycles. The smallest absolute Gasteiger partial charge is 0.222 e. The summed E-state index contributed by atoms with van der Waals surface area (Å²) >= 11 is 0. The highest BCUT2D eigenvalue weighted by Gasteiger charge is 2.32. The van der Waals surface area contributed by atoms with Crippen LogP contribution in [-0.2, 0) is 12.5 Å². The first-order valence-electron chi connectivity index (χ1n) is 11.8.